The van der Waals surface area contributed by atoms with E-state index in [1.165, 1.54) is 12.1 Å². The Morgan fingerprint density at radius 3 is 2.46 bits per heavy atom. The summed E-state index contributed by atoms with van der Waals surface area (Å²) in [5.74, 6) is -0.491. The first-order valence-corrected chi connectivity index (χ1v) is 7.77. The molecular weight excluding hydrogens is 379 g/mol. The van der Waals surface area contributed by atoms with Gasteiger partial charge in [-0.1, -0.05) is 40.9 Å². The molecule has 2 aromatic rings. The summed E-state index contributed by atoms with van der Waals surface area (Å²) < 4.78 is 5.19. The number of nitro benzene ring substituents is 1. The van der Waals surface area contributed by atoms with Crippen LogP contribution in [0.15, 0.2) is 36.4 Å². The van der Waals surface area contributed by atoms with E-state index < -0.39 is 10.8 Å². The summed E-state index contributed by atoms with van der Waals surface area (Å²) in [6.07, 6.45) is 0. The number of halogens is 3. The zero-order valence-corrected chi connectivity index (χ0v) is 14.4. The van der Waals surface area contributed by atoms with Crippen LogP contribution < -0.4 is 10.1 Å². The number of nitrogens with zero attached hydrogens (tertiary/aromatic N) is 1. The second kappa shape index (κ2) is 8.19. The monoisotopic (exact) mass is 388 g/mol. The number of carbonyl (C=O) groups excluding carboxylic acids is 1. The van der Waals surface area contributed by atoms with E-state index in [9.17, 15) is 14.9 Å². The lowest BCUT2D eigenvalue weighted by atomic mass is 10.2. The van der Waals surface area contributed by atoms with Gasteiger partial charge in [0.05, 0.1) is 4.92 Å². The maximum absolute atomic E-state index is 11.8. The predicted octanol–water partition coefficient (Wildman–Crippen LogP) is 4.25. The number of benzene rings is 2. The lowest BCUT2D eigenvalue weighted by Crippen LogP contribution is -2.28. The van der Waals surface area contributed by atoms with Gasteiger partial charge in [0.25, 0.3) is 5.91 Å². The highest BCUT2D eigenvalue weighted by Gasteiger charge is 2.16. The lowest BCUT2D eigenvalue weighted by molar-refractivity contribution is -0.385. The van der Waals surface area contributed by atoms with Gasteiger partial charge in [-0.05, 0) is 29.8 Å². The minimum absolute atomic E-state index is 0.0379. The Hall–Kier alpha value is -2.02. The maximum Gasteiger partial charge on any atom is 0.312 e. The third kappa shape index (κ3) is 4.99. The van der Waals surface area contributed by atoms with Crippen LogP contribution >= 0.6 is 34.8 Å². The second-order valence-electron chi connectivity index (χ2n) is 4.67. The van der Waals surface area contributed by atoms with Gasteiger partial charge in [0.15, 0.2) is 12.4 Å². The van der Waals surface area contributed by atoms with Crippen molar-refractivity contribution in [3.05, 3.63) is 67.1 Å². The number of hydrogen-bond donors (Lipinski definition) is 1. The Morgan fingerprint density at radius 2 is 1.79 bits per heavy atom. The standard InChI is InChI=1S/C15H11Cl3N2O4/c16-10-2-1-9(12(18)5-10)7-19-15(21)8-24-14-4-3-11(17)6-13(14)20(22)23/h1-6H,7-8H2,(H,19,21). The van der Waals surface area contributed by atoms with E-state index in [0.717, 1.165) is 6.07 Å². The van der Waals surface area contributed by atoms with Crippen LogP contribution in [0.1, 0.15) is 5.56 Å². The van der Waals surface area contributed by atoms with Crippen molar-refractivity contribution in [3.8, 4) is 5.75 Å². The fourth-order valence-corrected chi connectivity index (χ4v) is 2.45. The van der Waals surface area contributed by atoms with Crippen molar-refractivity contribution in [1.82, 2.24) is 5.32 Å². The van der Waals surface area contributed by atoms with Crippen molar-refractivity contribution in [1.29, 1.82) is 0 Å². The largest absolute Gasteiger partial charge is 0.477 e. The Balaban J connectivity index is 1.93. The van der Waals surface area contributed by atoms with E-state index in [2.05, 4.69) is 5.32 Å². The number of hydrogen-bond acceptors (Lipinski definition) is 4. The fourth-order valence-electron chi connectivity index (χ4n) is 1.81. The molecule has 0 heterocycles. The van der Waals surface area contributed by atoms with Gasteiger partial charge in [-0.3, -0.25) is 14.9 Å². The minimum Gasteiger partial charge on any atom is -0.477 e. The van der Waals surface area contributed by atoms with E-state index in [4.69, 9.17) is 39.5 Å². The van der Waals surface area contributed by atoms with Crippen molar-refractivity contribution < 1.29 is 14.5 Å². The molecule has 0 bridgehead atoms. The summed E-state index contributed by atoms with van der Waals surface area (Å²) in [5.41, 5.74) is 0.378. The molecule has 2 aromatic carbocycles. The van der Waals surface area contributed by atoms with E-state index in [1.807, 2.05) is 0 Å². The zero-order valence-electron chi connectivity index (χ0n) is 12.1. The zero-order chi connectivity index (χ0) is 17.7. The fraction of sp³-hybridized carbons (Fsp3) is 0.133. The Morgan fingerprint density at radius 1 is 1.12 bits per heavy atom. The SMILES string of the molecule is O=C(COc1ccc(Cl)cc1[N+](=O)[O-])NCc1ccc(Cl)cc1Cl. The van der Waals surface area contributed by atoms with Gasteiger partial charge >= 0.3 is 5.69 Å². The number of carbonyl (C=O) groups is 1. The molecule has 0 unspecified atom stereocenters. The van der Waals surface area contributed by atoms with Gasteiger partial charge in [-0.25, -0.2) is 0 Å². The number of nitro groups is 1. The van der Waals surface area contributed by atoms with E-state index >= 15 is 0 Å². The summed E-state index contributed by atoms with van der Waals surface area (Å²) in [6, 6.07) is 8.85. The smallest absolute Gasteiger partial charge is 0.312 e. The highest BCUT2D eigenvalue weighted by atomic mass is 35.5. The van der Waals surface area contributed by atoms with Gasteiger partial charge in [0.1, 0.15) is 0 Å². The van der Waals surface area contributed by atoms with Gasteiger partial charge < -0.3 is 10.1 Å². The highest BCUT2D eigenvalue weighted by Crippen LogP contribution is 2.29. The van der Waals surface area contributed by atoms with Crippen LogP contribution in [0.2, 0.25) is 15.1 Å². The van der Waals surface area contributed by atoms with Crippen LogP contribution in [0, 0.1) is 10.1 Å². The molecule has 0 saturated carbocycles. The maximum atomic E-state index is 11.8. The molecule has 2 rings (SSSR count). The topological polar surface area (TPSA) is 81.5 Å². The van der Waals surface area contributed by atoms with Gasteiger partial charge in [-0.15, -0.1) is 0 Å². The normalized spacial score (nSPS) is 10.3. The van der Waals surface area contributed by atoms with Crippen molar-refractivity contribution in [3.63, 3.8) is 0 Å². The van der Waals surface area contributed by atoms with Crippen LogP contribution in [-0.2, 0) is 11.3 Å². The minimum atomic E-state index is -0.632. The van der Waals surface area contributed by atoms with Crippen LogP contribution in [0.25, 0.3) is 0 Å². The van der Waals surface area contributed by atoms with Gasteiger partial charge in [0.2, 0.25) is 0 Å². The van der Waals surface area contributed by atoms with Gasteiger partial charge in [0, 0.05) is 27.7 Å². The molecule has 1 amide bonds. The van der Waals surface area contributed by atoms with Crippen molar-refractivity contribution in [2.24, 2.45) is 0 Å². The first-order valence-electron chi connectivity index (χ1n) is 6.64. The average molecular weight is 390 g/mol. The molecule has 0 saturated heterocycles. The van der Waals surface area contributed by atoms with E-state index in [0.29, 0.717) is 15.6 Å². The van der Waals surface area contributed by atoms with E-state index in [1.54, 1.807) is 18.2 Å². The third-order valence-corrected chi connectivity index (χ3v) is 3.79. The Bertz CT molecular complexity index is 783. The summed E-state index contributed by atoms with van der Waals surface area (Å²) in [7, 11) is 0. The number of ether oxygens (including phenoxy) is 1. The molecule has 0 fully saturated rings. The lowest BCUT2D eigenvalue weighted by Gasteiger charge is -2.09. The summed E-state index contributed by atoms with van der Waals surface area (Å²) in [4.78, 5) is 22.1. The van der Waals surface area contributed by atoms with Crippen LogP contribution in [-0.4, -0.2) is 17.4 Å². The first kappa shape index (κ1) is 18.3. The molecule has 1 N–H and O–H groups in total. The molecule has 0 atom stereocenters. The van der Waals surface area contributed by atoms with Crippen molar-refractivity contribution >= 4 is 46.4 Å². The Labute approximate surface area is 152 Å². The number of rotatable bonds is 6. The molecule has 0 radical (unpaired) electrons. The first-order chi connectivity index (χ1) is 11.4. The Kier molecular flexibility index (Phi) is 6.25. The molecule has 24 heavy (non-hydrogen) atoms. The van der Waals surface area contributed by atoms with Crippen LogP contribution in [0.5, 0.6) is 5.75 Å². The highest BCUT2D eigenvalue weighted by molar-refractivity contribution is 6.35. The third-order valence-electron chi connectivity index (χ3n) is 2.97. The quantitative estimate of drug-likeness (QED) is 0.591. The number of nitrogens with one attached hydrogen (secondary N) is 1. The number of amides is 1. The predicted molar refractivity (Wildman–Crippen MR) is 91.9 cm³/mol. The summed E-state index contributed by atoms with van der Waals surface area (Å²) in [5, 5.41) is 14.7. The van der Waals surface area contributed by atoms with Crippen LogP contribution in [0.3, 0.4) is 0 Å². The van der Waals surface area contributed by atoms with E-state index in [-0.39, 0.29) is 29.6 Å². The molecular formula is C15H11Cl3N2O4. The summed E-state index contributed by atoms with van der Waals surface area (Å²) in [6.45, 7) is -0.200. The van der Waals surface area contributed by atoms with Crippen molar-refractivity contribution in [2.45, 2.75) is 6.54 Å². The second-order valence-corrected chi connectivity index (χ2v) is 5.95. The molecule has 0 spiro atoms. The molecule has 0 aliphatic heterocycles. The van der Waals surface area contributed by atoms with Gasteiger partial charge in [-0.2, -0.15) is 0 Å². The molecule has 0 aliphatic carbocycles. The van der Waals surface area contributed by atoms with Crippen LogP contribution in [0.4, 0.5) is 5.69 Å². The molecule has 9 heteroatoms. The molecule has 0 aliphatic rings. The van der Waals surface area contributed by atoms with Crippen molar-refractivity contribution in [2.75, 3.05) is 6.61 Å². The average Bonchev–Trinajstić information content (AvgIpc) is 2.52. The molecule has 0 aromatic heterocycles. The molecule has 126 valence electrons. The molecule has 6 nitrogen and oxygen atoms in total. The summed E-state index contributed by atoms with van der Waals surface area (Å²) >= 11 is 17.5.